The first-order valence-electron chi connectivity index (χ1n) is 9.95. The molecule has 1 heterocycles. The van der Waals surface area contributed by atoms with E-state index in [1.54, 1.807) is 11.8 Å². The Kier molecular flexibility index (Phi) is 6.79. The van der Waals surface area contributed by atoms with Crippen LogP contribution >= 0.6 is 0 Å². The Hall–Kier alpha value is -3.26. The van der Waals surface area contributed by atoms with Crippen molar-refractivity contribution in [3.63, 3.8) is 0 Å². The first-order chi connectivity index (χ1) is 14.3. The highest BCUT2D eigenvalue weighted by atomic mass is 16.6. The van der Waals surface area contributed by atoms with E-state index in [9.17, 15) is 19.7 Å². The van der Waals surface area contributed by atoms with E-state index in [4.69, 9.17) is 0 Å². The molecule has 8 heteroatoms. The number of nitrogens with one attached hydrogen (secondary N) is 1. The highest BCUT2D eigenvalue weighted by Gasteiger charge is 2.26. The number of rotatable bonds is 6. The van der Waals surface area contributed by atoms with Crippen molar-refractivity contribution in [3.8, 4) is 0 Å². The summed E-state index contributed by atoms with van der Waals surface area (Å²) in [5, 5.41) is 13.5. The lowest BCUT2D eigenvalue weighted by Crippen LogP contribution is -2.53. The number of aryl methyl sites for hydroxylation is 1. The molecule has 1 aliphatic rings. The highest BCUT2D eigenvalue weighted by molar-refractivity contribution is 5.97. The van der Waals surface area contributed by atoms with Gasteiger partial charge in [-0.25, -0.2) is 0 Å². The van der Waals surface area contributed by atoms with E-state index in [-0.39, 0.29) is 17.2 Å². The minimum absolute atomic E-state index is 0.149. The number of amides is 2. The van der Waals surface area contributed by atoms with Crippen molar-refractivity contribution in [1.29, 1.82) is 0 Å². The summed E-state index contributed by atoms with van der Waals surface area (Å²) in [6, 6.07) is 13.2. The van der Waals surface area contributed by atoms with Crippen LogP contribution in [0.1, 0.15) is 28.4 Å². The molecule has 1 unspecified atom stereocenters. The van der Waals surface area contributed by atoms with E-state index in [0.717, 1.165) is 19.6 Å². The number of non-ortho nitro benzene ring substituents is 1. The van der Waals surface area contributed by atoms with Gasteiger partial charge in [0.1, 0.15) is 6.04 Å². The standard InChI is InChI=1S/C22H26N4O4/c1-16-5-3-6-18(13-16)15-24-9-11-25(12-10-24)22(28)17(2)23-21(27)19-7-4-8-20(14-19)26(29)30/h3-8,13-14,17H,9-12,15H2,1-2H3,(H,23,27). The number of hydrogen-bond acceptors (Lipinski definition) is 5. The van der Waals surface area contributed by atoms with Crippen molar-refractivity contribution in [2.45, 2.75) is 26.4 Å². The molecular weight excluding hydrogens is 384 g/mol. The van der Waals surface area contributed by atoms with Gasteiger partial charge in [-0.05, 0) is 25.5 Å². The molecule has 2 aromatic carbocycles. The van der Waals surface area contributed by atoms with Crippen molar-refractivity contribution in [2.24, 2.45) is 0 Å². The lowest BCUT2D eigenvalue weighted by molar-refractivity contribution is -0.384. The van der Waals surface area contributed by atoms with Crippen LogP contribution in [0.4, 0.5) is 5.69 Å². The van der Waals surface area contributed by atoms with Gasteiger partial charge in [0.2, 0.25) is 5.91 Å². The van der Waals surface area contributed by atoms with E-state index in [2.05, 4.69) is 41.4 Å². The summed E-state index contributed by atoms with van der Waals surface area (Å²) in [6.07, 6.45) is 0. The fourth-order valence-corrected chi connectivity index (χ4v) is 3.57. The highest BCUT2D eigenvalue weighted by Crippen LogP contribution is 2.14. The Morgan fingerprint density at radius 3 is 2.47 bits per heavy atom. The number of nitro groups is 1. The second kappa shape index (κ2) is 9.49. The summed E-state index contributed by atoms with van der Waals surface area (Å²) in [5.41, 5.74) is 2.49. The number of carbonyl (C=O) groups is 2. The van der Waals surface area contributed by atoms with Crippen LogP contribution in [0.2, 0.25) is 0 Å². The van der Waals surface area contributed by atoms with Crippen LogP contribution < -0.4 is 5.32 Å². The van der Waals surface area contributed by atoms with E-state index >= 15 is 0 Å². The topological polar surface area (TPSA) is 95.8 Å². The van der Waals surface area contributed by atoms with Gasteiger partial charge in [-0.1, -0.05) is 35.9 Å². The van der Waals surface area contributed by atoms with Crippen LogP contribution in [0.3, 0.4) is 0 Å². The molecule has 0 aromatic heterocycles. The minimum Gasteiger partial charge on any atom is -0.341 e. The third kappa shape index (κ3) is 5.42. The summed E-state index contributed by atoms with van der Waals surface area (Å²) >= 11 is 0. The third-order valence-corrected chi connectivity index (χ3v) is 5.21. The maximum absolute atomic E-state index is 12.7. The zero-order chi connectivity index (χ0) is 21.7. The summed E-state index contributed by atoms with van der Waals surface area (Å²) < 4.78 is 0. The van der Waals surface area contributed by atoms with Gasteiger partial charge in [-0.15, -0.1) is 0 Å². The van der Waals surface area contributed by atoms with Gasteiger partial charge in [-0.3, -0.25) is 24.6 Å². The van der Waals surface area contributed by atoms with E-state index in [0.29, 0.717) is 13.1 Å². The zero-order valence-corrected chi connectivity index (χ0v) is 17.2. The number of nitro benzene ring substituents is 1. The lowest BCUT2D eigenvalue weighted by Gasteiger charge is -2.36. The van der Waals surface area contributed by atoms with E-state index < -0.39 is 16.9 Å². The predicted octanol–water partition coefficient (Wildman–Crippen LogP) is 2.37. The SMILES string of the molecule is Cc1cccc(CN2CCN(C(=O)C(C)NC(=O)c3cccc([N+](=O)[O-])c3)CC2)c1. The van der Waals surface area contributed by atoms with Crippen LogP contribution in [0.5, 0.6) is 0 Å². The molecule has 2 aromatic rings. The molecule has 0 radical (unpaired) electrons. The number of piperazine rings is 1. The maximum atomic E-state index is 12.7. The van der Waals surface area contributed by atoms with Gasteiger partial charge in [0.25, 0.3) is 11.6 Å². The smallest absolute Gasteiger partial charge is 0.270 e. The number of carbonyl (C=O) groups excluding carboxylic acids is 2. The van der Waals surface area contributed by atoms with Gasteiger partial charge >= 0.3 is 0 Å². The zero-order valence-electron chi connectivity index (χ0n) is 17.2. The Morgan fingerprint density at radius 1 is 1.10 bits per heavy atom. The molecule has 1 saturated heterocycles. The molecule has 8 nitrogen and oxygen atoms in total. The Bertz CT molecular complexity index is 938. The number of nitrogens with zero attached hydrogens (tertiary/aromatic N) is 3. The van der Waals surface area contributed by atoms with Crippen LogP contribution in [-0.4, -0.2) is 58.8 Å². The first kappa shape index (κ1) is 21.4. The molecule has 1 fully saturated rings. The van der Waals surface area contributed by atoms with Crippen LogP contribution in [0.15, 0.2) is 48.5 Å². The number of hydrogen-bond donors (Lipinski definition) is 1. The monoisotopic (exact) mass is 410 g/mol. The molecule has 30 heavy (non-hydrogen) atoms. The van der Waals surface area contributed by atoms with E-state index in [1.807, 2.05) is 0 Å². The van der Waals surface area contributed by atoms with Gasteiger partial charge in [0, 0.05) is 50.4 Å². The van der Waals surface area contributed by atoms with Crippen LogP contribution in [0.25, 0.3) is 0 Å². The Labute approximate surface area is 175 Å². The van der Waals surface area contributed by atoms with Crippen LogP contribution in [-0.2, 0) is 11.3 Å². The fourth-order valence-electron chi connectivity index (χ4n) is 3.57. The average molecular weight is 410 g/mol. The van der Waals surface area contributed by atoms with Crippen molar-refractivity contribution < 1.29 is 14.5 Å². The van der Waals surface area contributed by atoms with Gasteiger partial charge < -0.3 is 10.2 Å². The van der Waals surface area contributed by atoms with Crippen molar-refractivity contribution in [3.05, 3.63) is 75.3 Å². The molecular formula is C22H26N4O4. The molecule has 2 amide bonds. The normalized spacial score (nSPS) is 15.5. The third-order valence-electron chi connectivity index (χ3n) is 5.21. The molecule has 1 N–H and O–H groups in total. The second-order valence-corrected chi connectivity index (χ2v) is 7.59. The summed E-state index contributed by atoms with van der Waals surface area (Å²) in [5.74, 6) is -0.651. The van der Waals surface area contributed by atoms with E-state index in [1.165, 1.54) is 35.4 Å². The van der Waals surface area contributed by atoms with Gasteiger partial charge in [-0.2, -0.15) is 0 Å². The molecule has 0 aliphatic carbocycles. The average Bonchev–Trinajstić information content (AvgIpc) is 2.74. The summed E-state index contributed by atoms with van der Waals surface area (Å²) in [6.45, 7) is 7.29. The molecule has 0 saturated carbocycles. The minimum atomic E-state index is -0.708. The Morgan fingerprint density at radius 2 is 1.80 bits per heavy atom. The molecule has 158 valence electrons. The van der Waals surface area contributed by atoms with Crippen molar-refractivity contribution in [1.82, 2.24) is 15.1 Å². The second-order valence-electron chi connectivity index (χ2n) is 7.59. The van der Waals surface area contributed by atoms with Crippen molar-refractivity contribution in [2.75, 3.05) is 26.2 Å². The maximum Gasteiger partial charge on any atom is 0.270 e. The summed E-state index contributed by atoms with van der Waals surface area (Å²) in [4.78, 5) is 39.5. The van der Waals surface area contributed by atoms with Gasteiger partial charge in [0.15, 0.2) is 0 Å². The molecule has 1 atom stereocenters. The molecule has 1 aliphatic heterocycles. The predicted molar refractivity (Wildman–Crippen MR) is 113 cm³/mol. The molecule has 3 rings (SSSR count). The molecule has 0 spiro atoms. The quantitative estimate of drug-likeness (QED) is 0.583. The molecule has 0 bridgehead atoms. The largest absolute Gasteiger partial charge is 0.341 e. The van der Waals surface area contributed by atoms with Crippen LogP contribution in [0, 0.1) is 17.0 Å². The fraction of sp³-hybridized carbons (Fsp3) is 0.364. The van der Waals surface area contributed by atoms with Gasteiger partial charge in [0.05, 0.1) is 4.92 Å². The number of benzene rings is 2. The van der Waals surface area contributed by atoms with Crippen molar-refractivity contribution >= 4 is 17.5 Å². The Balaban J connectivity index is 1.51. The lowest BCUT2D eigenvalue weighted by atomic mass is 10.1. The summed E-state index contributed by atoms with van der Waals surface area (Å²) in [7, 11) is 0. The first-order valence-corrected chi connectivity index (χ1v) is 9.95.